The summed E-state index contributed by atoms with van der Waals surface area (Å²) in [5, 5.41) is 2.32. The average molecular weight is 512 g/mol. The minimum Gasteiger partial charge on any atom is -0.258 e. The molecule has 161 valence electrons. The van der Waals surface area contributed by atoms with Crippen LogP contribution in [0, 0.1) is 19.1 Å². The van der Waals surface area contributed by atoms with Crippen LogP contribution >= 0.6 is 0 Å². The maximum Gasteiger partial charge on any atom is 0.229 e. The molecule has 0 saturated heterocycles. The molecule has 1 radical (unpaired) electrons. The van der Waals surface area contributed by atoms with Crippen molar-refractivity contribution in [1.82, 2.24) is 4.57 Å². The van der Waals surface area contributed by atoms with Crippen molar-refractivity contribution in [3.8, 4) is 28.2 Å². The number of aromatic nitrogens is 2. The van der Waals surface area contributed by atoms with Crippen LogP contribution < -0.4 is 4.57 Å². The first-order chi connectivity index (χ1) is 16.2. The van der Waals surface area contributed by atoms with Gasteiger partial charge in [-0.05, 0) is 29.8 Å². The van der Waals surface area contributed by atoms with Gasteiger partial charge in [-0.2, -0.15) is 29.3 Å². The van der Waals surface area contributed by atoms with Crippen LogP contribution in [0.2, 0.25) is 0 Å². The number of hydrogen-bond donors (Lipinski definition) is 0. The third kappa shape index (κ3) is 3.81. The predicted octanol–water partition coefficient (Wildman–Crippen LogP) is 6.85. The number of imidazole rings is 1. The first-order valence-corrected chi connectivity index (χ1v) is 11.2. The Morgan fingerprint density at radius 3 is 2.21 bits per heavy atom. The molecule has 6 aromatic rings. The van der Waals surface area contributed by atoms with Crippen molar-refractivity contribution in [2.45, 2.75) is 6.92 Å². The van der Waals surface area contributed by atoms with E-state index >= 15 is 0 Å². The largest absolute Gasteiger partial charge is 0.258 e. The normalized spacial score (nSPS) is 11.0. The van der Waals surface area contributed by atoms with Gasteiger partial charge in [0.25, 0.3) is 0 Å². The number of aryl methyl sites for hydroxylation is 2. The van der Waals surface area contributed by atoms with E-state index in [1.165, 1.54) is 22.0 Å². The first kappa shape index (κ1) is 22.7. The van der Waals surface area contributed by atoms with Crippen molar-refractivity contribution in [3.05, 3.63) is 121 Å². The molecule has 0 unspecified atom stereocenters. The second kappa shape index (κ2) is 9.29. The van der Waals surface area contributed by atoms with E-state index in [-0.39, 0.29) is 32.7 Å². The van der Waals surface area contributed by atoms with Gasteiger partial charge in [0.15, 0.2) is 11.0 Å². The zero-order chi connectivity index (χ0) is 22.4. The molecule has 0 atom stereocenters. The molecule has 1 heterocycles. The van der Waals surface area contributed by atoms with E-state index < -0.39 is 0 Å². The zero-order valence-electron chi connectivity index (χ0n) is 19.3. The van der Waals surface area contributed by atoms with E-state index in [1.807, 2.05) is 0 Å². The SMILES string of the molecule is Cc1ccc(-c2[c-]c3ccccc3cc2)[c-]c1-c1n(-c2ccccc2)c2ccccc2[n+]1C.[Y]. The Morgan fingerprint density at radius 1 is 0.676 bits per heavy atom. The van der Waals surface area contributed by atoms with Crippen LogP contribution in [0.4, 0.5) is 0 Å². The summed E-state index contributed by atoms with van der Waals surface area (Å²) in [6.07, 6.45) is 0. The number of fused-ring (bicyclic) bond motifs is 2. The maximum absolute atomic E-state index is 3.75. The summed E-state index contributed by atoms with van der Waals surface area (Å²) in [6, 6.07) is 43.4. The molecule has 0 fully saturated rings. The van der Waals surface area contributed by atoms with Crippen LogP contribution in [0.25, 0.3) is 50.0 Å². The summed E-state index contributed by atoms with van der Waals surface area (Å²) >= 11 is 0. The van der Waals surface area contributed by atoms with Gasteiger partial charge in [0.2, 0.25) is 5.82 Å². The standard InChI is InChI=1S/C31H23N2.Y/c1-22-16-17-26(25-19-18-23-10-6-7-11-24(23)20-25)21-28(22)31-32(2)29-14-8-9-15-30(29)33(31)27-12-4-3-5-13-27;/h3-19H,1-2H3;/q-1;. The van der Waals surface area contributed by atoms with Crippen LogP contribution in [0.3, 0.4) is 0 Å². The van der Waals surface area contributed by atoms with E-state index in [2.05, 4.69) is 138 Å². The molecule has 0 saturated carbocycles. The van der Waals surface area contributed by atoms with Crippen molar-refractivity contribution in [2.75, 3.05) is 0 Å². The minimum atomic E-state index is 0. The van der Waals surface area contributed by atoms with Crippen LogP contribution in [-0.4, -0.2) is 4.57 Å². The third-order valence-corrected chi connectivity index (χ3v) is 6.36. The molecule has 2 nitrogen and oxygen atoms in total. The average Bonchev–Trinajstić information content (AvgIpc) is 3.17. The second-order valence-electron chi connectivity index (χ2n) is 8.43. The van der Waals surface area contributed by atoms with Gasteiger partial charge in [0.1, 0.15) is 5.69 Å². The van der Waals surface area contributed by atoms with E-state index in [4.69, 9.17) is 0 Å². The fourth-order valence-electron chi connectivity index (χ4n) is 4.66. The van der Waals surface area contributed by atoms with Gasteiger partial charge in [-0.3, -0.25) is 4.57 Å². The van der Waals surface area contributed by atoms with Gasteiger partial charge in [-0.15, -0.1) is 35.2 Å². The summed E-state index contributed by atoms with van der Waals surface area (Å²) in [7, 11) is 2.14. The molecule has 0 amide bonds. The zero-order valence-corrected chi connectivity index (χ0v) is 22.1. The van der Waals surface area contributed by atoms with Gasteiger partial charge < -0.3 is 0 Å². The molecular weight excluding hydrogens is 489 g/mol. The molecule has 0 spiro atoms. The molecular formula is C31H23N2Y-. The Kier molecular flexibility index (Phi) is 6.21. The van der Waals surface area contributed by atoms with Gasteiger partial charge >= 0.3 is 0 Å². The van der Waals surface area contributed by atoms with Crippen molar-refractivity contribution >= 4 is 21.8 Å². The predicted molar refractivity (Wildman–Crippen MR) is 135 cm³/mol. The Balaban J connectivity index is 0.00000241. The number of hydrogen-bond acceptors (Lipinski definition) is 0. The van der Waals surface area contributed by atoms with Crippen LogP contribution in [-0.2, 0) is 39.8 Å². The Morgan fingerprint density at radius 2 is 1.35 bits per heavy atom. The second-order valence-corrected chi connectivity index (χ2v) is 8.43. The number of nitrogens with zero attached hydrogens (tertiary/aromatic N) is 2. The summed E-state index contributed by atoms with van der Waals surface area (Å²) in [5.41, 5.74) is 7.89. The van der Waals surface area contributed by atoms with Crippen LogP contribution in [0.1, 0.15) is 5.56 Å². The molecule has 0 aliphatic heterocycles. The van der Waals surface area contributed by atoms with Gasteiger partial charge in [-0.25, -0.2) is 4.57 Å². The Labute approximate surface area is 225 Å². The smallest absolute Gasteiger partial charge is 0.229 e. The molecule has 3 heteroatoms. The summed E-state index contributed by atoms with van der Waals surface area (Å²) in [6.45, 7) is 2.16. The Hall–Kier alpha value is -3.07. The molecule has 0 aliphatic rings. The Bertz CT molecular complexity index is 1630. The van der Waals surface area contributed by atoms with Crippen LogP contribution in [0.15, 0.2) is 103 Å². The van der Waals surface area contributed by atoms with Gasteiger partial charge in [-0.1, -0.05) is 60.8 Å². The molecule has 0 bridgehead atoms. The van der Waals surface area contributed by atoms with E-state index in [1.54, 1.807) is 0 Å². The van der Waals surface area contributed by atoms with Crippen molar-refractivity contribution in [2.24, 2.45) is 7.05 Å². The number of rotatable bonds is 3. The van der Waals surface area contributed by atoms with Crippen molar-refractivity contribution in [1.29, 1.82) is 0 Å². The summed E-state index contributed by atoms with van der Waals surface area (Å²) < 4.78 is 4.61. The van der Waals surface area contributed by atoms with E-state index in [9.17, 15) is 0 Å². The molecule has 5 aromatic carbocycles. The monoisotopic (exact) mass is 512 g/mol. The molecule has 0 N–H and O–H groups in total. The van der Waals surface area contributed by atoms with Crippen molar-refractivity contribution < 1.29 is 37.3 Å². The molecule has 34 heavy (non-hydrogen) atoms. The fraction of sp³-hybridized carbons (Fsp3) is 0.0645. The molecule has 6 rings (SSSR count). The quantitative estimate of drug-likeness (QED) is 0.181. The molecule has 0 aliphatic carbocycles. The molecule has 1 aromatic heterocycles. The third-order valence-electron chi connectivity index (χ3n) is 6.36. The van der Waals surface area contributed by atoms with Crippen LogP contribution in [0.5, 0.6) is 0 Å². The summed E-state index contributed by atoms with van der Waals surface area (Å²) in [4.78, 5) is 0. The van der Waals surface area contributed by atoms with E-state index in [0.29, 0.717) is 0 Å². The number of benzene rings is 5. The maximum atomic E-state index is 3.75. The summed E-state index contributed by atoms with van der Waals surface area (Å²) in [5.74, 6) is 1.11. The first-order valence-electron chi connectivity index (χ1n) is 11.2. The number of para-hydroxylation sites is 3. The fourth-order valence-corrected chi connectivity index (χ4v) is 4.66. The van der Waals surface area contributed by atoms with Gasteiger partial charge in [0, 0.05) is 32.7 Å². The van der Waals surface area contributed by atoms with Gasteiger partial charge in [0.05, 0.1) is 7.05 Å². The minimum absolute atomic E-state index is 0. The topological polar surface area (TPSA) is 8.81 Å². The van der Waals surface area contributed by atoms with E-state index in [0.717, 1.165) is 33.6 Å². The van der Waals surface area contributed by atoms with Crippen molar-refractivity contribution in [3.63, 3.8) is 0 Å².